The summed E-state index contributed by atoms with van der Waals surface area (Å²) >= 11 is 0. The van der Waals surface area contributed by atoms with Crippen molar-refractivity contribution in [1.82, 2.24) is 0 Å². The number of esters is 1. The molecule has 0 spiro atoms. The van der Waals surface area contributed by atoms with Gasteiger partial charge in [0, 0.05) is 5.69 Å². The van der Waals surface area contributed by atoms with E-state index in [9.17, 15) is 4.79 Å². The normalized spacial score (nSPS) is 26.1. The van der Waals surface area contributed by atoms with Crippen molar-refractivity contribution < 1.29 is 14.3 Å². The molecule has 2 rings (SSSR count). The van der Waals surface area contributed by atoms with Crippen LogP contribution in [0.1, 0.15) is 43.5 Å². The minimum absolute atomic E-state index is 0.00705. The Hall–Kier alpha value is -1.71. The highest BCUT2D eigenvalue weighted by molar-refractivity contribution is 5.93. The van der Waals surface area contributed by atoms with E-state index in [2.05, 4.69) is 13.8 Å². The van der Waals surface area contributed by atoms with Gasteiger partial charge < -0.3 is 15.2 Å². The number of anilines is 1. The van der Waals surface area contributed by atoms with Crippen molar-refractivity contribution in [3.8, 4) is 5.75 Å². The number of nitrogen functional groups attached to an aromatic ring is 1. The molecule has 1 saturated carbocycles. The Kier molecular flexibility index (Phi) is 4.53. The molecule has 2 unspecified atom stereocenters. The molecule has 4 heteroatoms. The first-order valence-electron chi connectivity index (χ1n) is 7.14. The molecule has 0 aromatic heterocycles. The molecule has 2 N–H and O–H groups in total. The smallest absolute Gasteiger partial charge is 0.342 e. The first-order chi connectivity index (χ1) is 9.49. The predicted molar refractivity (Wildman–Crippen MR) is 78.8 cm³/mol. The van der Waals surface area contributed by atoms with Gasteiger partial charge in [0.05, 0.1) is 7.11 Å². The van der Waals surface area contributed by atoms with Gasteiger partial charge in [-0.25, -0.2) is 4.79 Å². The lowest BCUT2D eigenvalue weighted by atomic mass is 9.82. The Balaban J connectivity index is 2.10. The topological polar surface area (TPSA) is 61.5 Å². The zero-order valence-electron chi connectivity index (χ0n) is 12.4. The molecular weight excluding hydrogens is 254 g/mol. The van der Waals surface area contributed by atoms with Crippen LogP contribution in [0.25, 0.3) is 0 Å². The minimum Gasteiger partial charge on any atom is -0.496 e. The Bertz CT molecular complexity index is 477. The number of hydrogen-bond donors (Lipinski definition) is 1. The molecule has 110 valence electrons. The first-order valence-corrected chi connectivity index (χ1v) is 7.14. The quantitative estimate of drug-likeness (QED) is 0.680. The predicted octanol–water partition coefficient (Wildman–Crippen LogP) is 3.26. The van der Waals surface area contributed by atoms with E-state index >= 15 is 0 Å². The average molecular weight is 277 g/mol. The molecule has 0 heterocycles. The van der Waals surface area contributed by atoms with Gasteiger partial charge in [0.2, 0.25) is 0 Å². The van der Waals surface area contributed by atoms with Crippen LogP contribution in [0, 0.1) is 11.8 Å². The number of ether oxygens (including phenoxy) is 2. The summed E-state index contributed by atoms with van der Waals surface area (Å²) in [5.41, 5.74) is 6.67. The molecule has 1 aromatic rings. The van der Waals surface area contributed by atoms with Crippen molar-refractivity contribution in [3.05, 3.63) is 23.8 Å². The lowest BCUT2D eigenvalue weighted by molar-refractivity contribution is 0.00779. The lowest BCUT2D eigenvalue weighted by Gasteiger charge is -2.31. The van der Waals surface area contributed by atoms with Gasteiger partial charge >= 0.3 is 5.97 Å². The molecule has 0 saturated heterocycles. The van der Waals surface area contributed by atoms with E-state index in [0.717, 1.165) is 12.8 Å². The van der Waals surface area contributed by atoms with E-state index in [1.807, 2.05) is 0 Å². The number of carbonyl (C=O) groups is 1. The van der Waals surface area contributed by atoms with Crippen molar-refractivity contribution in [2.45, 2.75) is 39.2 Å². The van der Waals surface area contributed by atoms with Gasteiger partial charge in [0.1, 0.15) is 17.4 Å². The second kappa shape index (κ2) is 6.16. The van der Waals surface area contributed by atoms with E-state index in [1.54, 1.807) is 18.2 Å². The maximum atomic E-state index is 12.3. The summed E-state index contributed by atoms with van der Waals surface area (Å²) in [4.78, 5) is 12.3. The number of hydrogen-bond acceptors (Lipinski definition) is 4. The van der Waals surface area contributed by atoms with Gasteiger partial charge in [-0.15, -0.1) is 0 Å². The van der Waals surface area contributed by atoms with E-state index < -0.39 is 0 Å². The molecule has 20 heavy (non-hydrogen) atoms. The maximum Gasteiger partial charge on any atom is 0.342 e. The highest BCUT2D eigenvalue weighted by Crippen LogP contribution is 2.31. The van der Waals surface area contributed by atoms with E-state index in [0.29, 0.717) is 28.8 Å². The SMILES string of the molecule is COc1ccc(N)cc1C(=O)OC1CC(C)CC(C)C1. The van der Waals surface area contributed by atoms with Crippen LogP contribution in [0.5, 0.6) is 5.75 Å². The number of benzene rings is 1. The highest BCUT2D eigenvalue weighted by Gasteiger charge is 2.27. The number of methoxy groups -OCH3 is 1. The van der Waals surface area contributed by atoms with Crippen LogP contribution in [0.3, 0.4) is 0 Å². The van der Waals surface area contributed by atoms with Crippen LogP contribution in [-0.2, 0) is 4.74 Å². The van der Waals surface area contributed by atoms with E-state index in [-0.39, 0.29) is 12.1 Å². The zero-order valence-corrected chi connectivity index (χ0v) is 12.4. The number of rotatable bonds is 3. The van der Waals surface area contributed by atoms with Crippen LogP contribution < -0.4 is 10.5 Å². The third-order valence-corrected chi connectivity index (χ3v) is 3.85. The fourth-order valence-electron chi connectivity index (χ4n) is 3.07. The molecule has 0 amide bonds. The largest absolute Gasteiger partial charge is 0.496 e. The number of nitrogens with two attached hydrogens (primary N) is 1. The maximum absolute atomic E-state index is 12.3. The summed E-state index contributed by atoms with van der Waals surface area (Å²) in [6.07, 6.45) is 3.06. The van der Waals surface area contributed by atoms with Gasteiger partial charge in [-0.1, -0.05) is 13.8 Å². The second-order valence-corrected chi connectivity index (χ2v) is 5.90. The fraction of sp³-hybridized carbons (Fsp3) is 0.562. The fourth-order valence-corrected chi connectivity index (χ4v) is 3.07. The van der Waals surface area contributed by atoms with Gasteiger partial charge in [-0.05, 0) is 49.3 Å². The van der Waals surface area contributed by atoms with Crippen LogP contribution >= 0.6 is 0 Å². The molecule has 0 radical (unpaired) electrons. The Morgan fingerprint density at radius 2 is 1.85 bits per heavy atom. The van der Waals surface area contributed by atoms with Gasteiger partial charge in [-0.3, -0.25) is 0 Å². The van der Waals surface area contributed by atoms with Crippen molar-refractivity contribution in [2.75, 3.05) is 12.8 Å². The van der Waals surface area contributed by atoms with Crippen LogP contribution in [-0.4, -0.2) is 19.2 Å². The third kappa shape index (κ3) is 3.44. The van der Waals surface area contributed by atoms with E-state index in [1.165, 1.54) is 13.5 Å². The molecule has 1 aromatic carbocycles. The molecule has 0 bridgehead atoms. The minimum atomic E-state index is -0.347. The first kappa shape index (κ1) is 14.7. The molecule has 1 fully saturated rings. The third-order valence-electron chi connectivity index (χ3n) is 3.85. The van der Waals surface area contributed by atoms with Crippen LogP contribution in [0.15, 0.2) is 18.2 Å². The molecule has 2 atom stereocenters. The molecule has 4 nitrogen and oxygen atoms in total. The second-order valence-electron chi connectivity index (χ2n) is 5.90. The lowest BCUT2D eigenvalue weighted by Crippen LogP contribution is -2.28. The van der Waals surface area contributed by atoms with Crippen molar-refractivity contribution in [2.24, 2.45) is 11.8 Å². The summed E-state index contributed by atoms with van der Waals surface area (Å²) in [6.45, 7) is 4.41. The van der Waals surface area contributed by atoms with E-state index in [4.69, 9.17) is 15.2 Å². The van der Waals surface area contributed by atoms with Crippen LogP contribution in [0.4, 0.5) is 5.69 Å². The van der Waals surface area contributed by atoms with Gasteiger partial charge in [0.25, 0.3) is 0 Å². The molecule has 1 aliphatic rings. The summed E-state index contributed by atoms with van der Waals surface area (Å²) in [6, 6.07) is 5.01. The van der Waals surface area contributed by atoms with Gasteiger partial charge in [0.15, 0.2) is 0 Å². The van der Waals surface area contributed by atoms with Crippen molar-refractivity contribution in [1.29, 1.82) is 0 Å². The molecular formula is C16H23NO3. The summed E-state index contributed by atoms with van der Waals surface area (Å²) in [7, 11) is 1.53. The van der Waals surface area contributed by atoms with Crippen LogP contribution in [0.2, 0.25) is 0 Å². The Morgan fingerprint density at radius 3 is 2.45 bits per heavy atom. The summed E-state index contributed by atoms with van der Waals surface area (Å²) in [5, 5.41) is 0. The number of carbonyl (C=O) groups excluding carboxylic acids is 1. The summed E-state index contributed by atoms with van der Waals surface area (Å²) < 4.78 is 10.8. The standard InChI is InChI=1S/C16H23NO3/c1-10-6-11(2)8-13(7-10)20-16(18)14-9-12(17)4-5-15(14)19-3/h4-5,9-11,13H,6-8,17H2,1-3H3. The van der Waals surface area contributed by atoms with Crippen molar-refractivity contribution in [3.63, 3.8) is 0 Å². The zero-order chi connectivity index (χ0) is 14.7. The van der Waals surface area contributed by atoms with Crippen molar-refractivity contribution >= 4 is 11.7 Å². The highest BCUT2D eigenvalue weighted by atomic mass is 16.5. The molecule has 0 aliphatic heterocycles. The Morgan fingerprint density at radius 1 is 1.20 bits per heavy atom. The monoisotopic (exact) mass is 277 g/mol. The summed E-state index contributed by atoms with van der Waals surface area (Å²) in [5.74, 6) is 1.35. The molecule has 1 aliphatic carbocycles. The van der Waals surface area contributed by atoms with Gasteiger partial charge in [-0.2, -0.15) is 0 Å². The average Bonchev–Trinajstić information content (AvgIpc) is 2.37. The Labute approximate surface area is 120 Å².